The number of para-hydroxylation sites is 1. The maximum atomic E-state index is 6.64. The van der Waals surface area contributed by atoms with Gasteiger partial charge in [-0.2, -0.15) is 0 Å². The molecule has 0 fully saturated rings. The summed E-state index contributed by atoms with van der Waals surface area (Å²) in [5.74, 6) is 1.86. The highest BCUT2D eigenvalue weighted by molar-refractivity contribution is 7.26. The molecule has 0 saturated heterocycles. The normalized spacial score (nSPS) is 11.9. The van der Waals surface area contributed by atoms with Crippen LogP contribution in [0.25, 0.3) is 115 Å². The topological polar surface area (TPSA) is 56.7 Å². The van der Waals surface area contributed by atoms with E-state index in [0.29, 0.717) is 17.5 Å². The second-order valence-electron chi connectivity index (χ2n) is 14.4. The van der Waals surface area contributed by atoms with Crippen LogP contribution in [0.4, 0.5) is 0 Å². The third kappa shape index (κ3) is 5.12. The molecule has 0 unspecified atom stereocenters. The molecule has 0 radical (unpaired) electrons. The molecular formula is C51H30N4OS. The quantitative estimate of drug-likeness (QED) is 0.176. The van der Waals surface area contributed by atoms with E-state index in [2.05, 4.69) is 126 Å². The van der Waals surface area contributed by atoms with Crippen LogP contribution >= 0.6 is 11.3 Å². The van der Waals surface area contributed by atoms with E-state index in [9.17, 15) is 0 Å². The predicted molar refractivity (Wildman–Crippen MR) is 236 cm³/mol. The first kappa shape index (κ1) is 31.9. The minimum absolute atomic E-state index is 0.599. The number of nitrogens with zero attached hydrogens (tertiary/aromatic N) is 4. The van der Waals surface area contributed by atoms with Crippen molar-refractivity contribution in [2.45, 2.75) is 0 Å². The molecule has 0 amide bonds. The van der Waals surface area contributed by atoms with Crippen LogP contribution in [0.15, 0.2) is 186 Å². The molecule has 0 saturated carbocycles. The monoisotopic (exact) mass is 746 g/mol. The fraction of sp³-hybridized carbons (Fsp3) is 0. The molecule has 8 aromatic carbocycles. The van der Waals surface area contributed by atoms with Crippen molar-refractivity contribution in [1.82, 2.24) is 19.5 Å². The molecule has 0 N–H and O–H groups in total. The highest BCUT2D eigenvalue weighted by atomic mass is 32.1. The summed E-state index contributed by atoms with van der Waals surface area (Å²) in [5, 5.41) is 7.25. The zero-order valence-corrected chi connectivity index (χ0v) is 31.2. The predicted octanol–water partition coefficient (Wildman–Crippen LogP) is 13.9. The molecule has 12 rings (SSSR count). The third-order valence-corrected chi connectivity index (χ3v) is 12.3. The Hall–Kier alpha value is -7.41. The zero-order chi connectivity index (χ0) is 37.5. The number of hydrogen-bond donors (Lipinski definition) is 0. The molecule has 0 aliphatic heterocycles. The van der Waals surface area contributed by atoms with Crippen molar-refractivity contribution in [1.29, 1.82) is 0 Å². The summed E-state index contributed by atoms with van der Waals surface area (Å²) >= 11 is 1.88. The van der Waals surface area contributed by atoms with Gasteiger partial charge in [-0.05, 0) is 71.8 Å². The second kappa shape index (κ2) is 12.6. The summed E-state index contributed by atoms with van der Waals surface area (Å²) < 4.78 is 11.7. The number of hydrogen-bond acceptors (Lipinski definition) is 5. The molecule has 0 aliphatic carbocycles. The molecular weight excluding hydrogens is 717 g/mol. The Balaban J connectivity index is 0.999. The Kier molecular flexibility index (Phi) is 7.03. The lowest BCUT2D eigenvalue weighted by Crippen LogP contribution is -2.00. The van der Waals surface area contributed by atoms with E-state index >= 15 is 0 Å². The van der Waals surface area contributed by atoms with Crippen LogP contribution in [-0.4, -0.2) is 19.5 Å². The van der Waals surface area contributed by atoms with Crippen LogP contribution in [0.3, 0.4) is 0 Å². The summed E-state index contributed by atoms with van der Waals surface area (Å²) in [6, 6.07) is 63.8. The van der Waals surface area contributed by atoms with Gasteiger partial charge in [0.2, 0.25) is 0 Å². The summed E-state index contributed by atoms with van der Waals surface area (Å²) in [6.45, 7) is 0. The molecule has 0 spiro atoms. The van der Waals surface area contributed by atoms with Crippen LogP contribution in [0.5, 0.6) is 0 Å². The van der Waals surface area contributed by atoms with Crippen LogP contribution in [-0.2, 0) is 0 Å². The van der Waals surface area contributed by atoms with Gasteiger partial charge in [-0.3, -0.25) is 0 Å². The van der Waals surface area contributed by atoms with Gasteiger partial charge in [0.1, 0.15) is 11.2 Å². The average molecular weight is 747 g/mol. The van der Waals surface area contributed by atoms with Gasteiger partial charge in [0.25, 0.3) is 0 Å². The van der Waals surface area contributed by atoms with E-state index in [-0.39, 0.29) is 0 Å². The van der Waals surface area contributed by atoms with Gasteiger partial charge < -0.3 is 8.98 Å². The second-order valence-corrected chi connectivity index (χ2v) is 15.5. The van der Waals surface area contributed by atoms with Crippen LogP contribution < -0.4 is 0 Å². The van der Waals surface area contributed by atoms with E-state index in [1.165, 1.54) is 42.0 Å². The summed E-state index contributed by atoms with van der Waals surface area (Å²) in [6.07, 6.45) is 0. The molecule has 6 heteroatoms. The minimum Gasteiger partial charge on any atom is -0.456 e. The maximum Gasteiger partial charge on any atom is 0.164 e. The van der Waals surface area contributed by atoms with E-state index in [4.69, 9.17) is 19.4 Å². The van der Waals surface area contributed by atoms with Crippen molar-refractivity contribution in [3.63, 3.8) is 0 Å². The molecule has 0 atom stereocenters. The molecule has 4 aromatic heterocycles. The Bertz CT molecular complexity index is 3460. The van der Waals surface area contributed by atoms with Gasteiger partial charge in [0, 0.05) is 64.1 Å². The van der Waals surface area contributed by atoms with Gasteiger partial charge in [0.15, 0.2) is 17.5 Å². The number of rotatable bonds is 5. The SMILES string of the molecule is c1ccc(-c2nc(-c3ccccc3)nc(-c3ccc4c(c3)oc3cc(-c5ccc6c(c5)c5c7sc8ccccc8c7ccc5n6-c5ccccc5)ccc34)n2)cc1. The van der Waals surface area contributed by atoms with Gasteiger partial charge in [-0.1, -0.05) is 121 Å². The first-order chi connectivity index (χ1) is 28.2. The summed E-state index contributed by atoms with van der Waals surface area (Å²) in [5.41, 5.74) is 10.2. The summed E-state index contributed by atoms with van der Waals surface area (Å²) in [4.78, 5) is 14.8. The summed E-state index contributed by atoms with van der Waals surface area (Å²) in [7, 11) is 0. The van der Waals surface area contributed by atoms with Crippen LogP contribution in [0.1, 0.15) is 0 Å². The zero-order valence-electron chi connectivity index (χ0n) is 30.4. The van der Waals surface area contributed by atoms with Crippen molar-refractivity contribution in [2.75, 3.05) is 0 Å². The molecule has 266 valence electrons. The van der Waals surface area contributed by atoms with Gasteiger partial charge in [-0.15, -0.1) is 11.3 Å². The van der Waals surface area contributed by atoms with Gasteiger partial charge in [-0.25, -0.2) is 15.0 Å². The van der Waals surface area contributed by atoms with Crippen molar-refractivity contribution >= 4 is 75.3 Å². The van der Waals surface area contributed by atoms with Crippen molar-refractivity contribution < 1.29 is 4.42 Å². The van der Waals surface area contributed by atoms with E-state index < -0.39 is 0 Å². The van der Waals surface area contributed by atoms with Crippen LogP contribution in [0.2, 0.25) is 0 Å². The number of aromatic nitrogens is 4. The number of thiophene rings is 1. The first-order valence-electron chi connectivity index (χ1n) is 19.0. The van der Waals surface area contributed by atoms with Crippen molar-refractivity contribution in [2.24, 2.45) is 0 Å². The Morgan fingerprint density at radius 1 is 0.386 bits per heavy atom. The van der Waals surface area contributed by atoms with E-state index in [1.807, 2.05) is 72.0 Å². The molecule has 0 aliphatic rings. The van der Waals surface area contributed by atoms with Gasteiger partial charge in [0.05, 0.1) is 11.0 Å². The Labute approximate surface area is 330 Å². The van der Waals surface area contributed by atoms with Crippen LogP contribution in [0, 0.1) is 0 Å². The average Bonchev–Trinajstić information content (AvgIpc) is 3.95. The standard InChI is InChI=1S/C51H30N4OS/c1-4-12-31(13-5-1)49-52-50(32-14-6-2-7-15-32)54-51(53-49)35-21-24-38-37-23-20-34(29-44(37)56-45(38)30-35)33-22-26-42-41(28-33)47-43(55(42)36-16-8-3-9-17-36)27-25-40-39-18-10-11-19-46(39)57-48(40)47/h1-30H. The fourth-order valence-electron chi connectivity index (χ4n) is 8.35. The molecule has 5 nitrogen and oxygen atoms in total. The first-order valence-corrected chi connectivity index (χ1v) is 19.8. The smallest absolute Gasteiger partial charge is 0.164 e. The molecule has 0 bridgehead atoms. The van der Waals surface area contributed by atoms with Crippen molar-refractivity contribution in [3.8, 4) is 51.0 Å². The third-order valence-electron chi connectivity index (χ3n) is 11.1. The Morgan fingerprint density at radius 2 is 0.912 bits per heavy atom. The van der Waals surface area contributed by atoms with Gasteiger partial charge >= 0.3 is 0 Å². The molecule has 4 heterocycles. The highest BCUT2D eigenvalue weighted by Crippen LogP contribution is 2.44. The maximum absolute atomic E-state index is 6.64. The van der Waals surface area contributed by atoms with E-state index in [1.54, 1.807) is 0 Å². The van der Waals surface area contributed by atoms with E-state index in [0.717, 1.165) is 55.4 Å². The number of benzene rings is 8. The largest absolute Gasteiger partial charge is 0.456 e. The lowest BCUT2D eigenvalue weighted by molar-refractivity contribution is 0.669. The Morgan fingerprint density at radius 3 is 1.61 bits per heavy atom. The number of fused-ring (bicyclic) bond motifs is 10. The molecule has 57 heavy (non-hydrogen) atoms. The lowest BCUT2D eigenvalue weighted by atomic mass is 10.0. The lowest BCUT2D eigenvalue weighted by Gasteiger charge is -2.08. The number of furan rings is 1. The highest BCUT2D eigenvalue weighted by Gasteiger charge is 2.19. The molecule has 12 aromatic rings. The van der Waals surface area contributed by atoms with Crippen molar-refractivity contribution in [3.05, 3.63) is 182 Å². The minimum atomic E-state index is 0.599. The fourth-order valence-corrected chi connectivity index (χ4v) is 9.61.